The Labute approximate surface area is 160 Å². The van der Waals surface area contributed by atoms with Crippen molar-refractivity contribution in [1.82, 2.24) is 14.7 Å². The fourth-order valence-electron chi connectivity index (χ4n) is 3.64. The van der Waals surface area contributed by atoms with Gasteiger partial charge in [-0.3, -0.25) is 9.59 Å². The van der Waals surface area contributed by atoms with Crippen molar-refractivity contribution in [2.45, 2.75) is 52.5 Å². The maximum absolute atomic E-state index is 12.3. The number of esters is 1. The number of hydrogen-bond donors (Lipinski definition) is 0. The molecule has 2 aromatic rings. The Bertz CT molecular complexity index is 814. The van der Waals surface area contributed by atoms with Gasteiger partial charge in [0.2, 0.25) is 0 Å². The number of carbonyl (C=O) groups is 2. The molecule has 1 aromatic carbocycles. The van der Waals surface area contributed by atoms with Crippen LogP contribution in [0.3, 0.4) is 0 Å². The molecule has 3 rings (SSSR count). The van der Waals surface area contributed by atoms with Gasteiger partial charge in [-0.2, -0.15) is 5.10 Å². The van der Waals surface area contributed by atoms with Crippen LogP contribution < -0.4 is 0 Å². The van der Waals surface area contributed by atoms with E-state index >= 15 is 0 Å². The van der Waals surface area contributed by atoms with E-state index in [1.165, 1.54) is 0 Å². The zero-order valence-corrected chi connectivity index (χ0v) is 16.3. The summed E-state index contributed by atoms with van der Waals surface area (Å²) in [6.07, 6.45) is 3.29. The van der Waals surface area contributed by atoms with Crippen molar-refractivity contribution < 1.29 is 14.3 Å². The summed E-state index contributed by atoms with van der Waals surface area (Å²) in [6.45, 7) is 6.43. The third-order valence-electron chi connectivity index (χ3n) is 5.24. The number of rotatable bonds is 5. The molecule has 0 N–H and O–H groups in total. The fraction of sp³-hybridized carbons (Fsp3) is 0.476. The summed E-state index contributed by atoms with van der Waals surface area (Å²) in [6, 6.07) is 10.0. The zero-order chi connectivity index (χ0) is 19.4. The number of nitrogens with zero attached hydrogens (tertiary/aromatic N) is 3. The average molecular weight is 369 g/mol. The zero-order valence-electron chi connectivity index (χ0n) is 16.3. The monoisotopic (exact) mass is 369 g/mol. The van der Waals surface area contributed by atoms with Crippen LogP contribution in [-0.4, -0.2) is 45.8 Å². The number of piperidine rings is 1. The van der Waals surface area contributed by atoms with E-state index in [0.717, 1.165) is 48.4 Å². The molecular weight excluding hydrogens is 342 g/mol. The molecule has 1 saturated heterocycles. The Hall–Kier alpha value is -2.63. The molecule has 0 unspecified atom stereocenters. The first-order valence-corrected chi connectivity index (χ1v) is 9.53. The van der Waals surface area contributed by atoms with Crippen molar-refractivity contribution in [2.75, 3.05) is 13.2 Å². The van der Waals surface area contributed by atoms with Crippen LogP contribution in [0.25, 0.3) is 5.69 Å². The van der Waals surface area contributed by atoms with Gasteiger partial charge in [0.1, 0.15) is 0 Å². The van der Waals surface area contributed by atoms with Gasteiger partial charge >= 0.3 is 5.97 Å². The van der Waals surface area contributed by atoms with Crippen LogP contribution >= 0.6 is 0 Å². The molecule has 144 valence electrons. The third-order valence-corrected chi connectivity index (χ3v) is 5.24. The van der Waals surface area contributed by atoms with Crippen LogP contribution in [-0.2, 0) is 20.7 Å². The number of aryl methyl sites for hydroxylation is 1. The number of carbonyl (C=O) groups excluding carboxylic acids is 2. The molecule has 6 heteroatoms. The molecular formula is C21H27N3O3. The lowest BCUT2D eigenvalue weighted by Gasteiger charge is -2.33. The summed E-state index contributed by atoms with van der Waals surface area (Å²) in [4.78, 5) is 26.4. The number of likely N-dealkylation sites (tertiary alicyclic amines) is 1. The lowest BCUT2D eigenvalue weighted by Crippen LogP contribution is -2.44. The van der Waals surface area contributed by atoms with Gasteiger partial charge in [-0.05, 0) is 52.2 Å². The lowest BCUT2D eigenvalue weighted by atomic mass is 10.0. The smallest absolute Gasteiger partial charge is 0.310 e. The Balaban J connectivity index is 1.61. The molecule has 0 bridgehead atoms. The van der Waals surface area contributed by atoms with Gasteiger partial charge in [0.15, 0.2) is 6.61 Å². The van der Waals surface area contributed by atoms with E-state index in [9.17, 15) is 9.59 Å². The Kier molecular flexibility index (Phi) is 5.94. The molecule has 1 amide bonds. The van der Waals surface area contributed by atoms with Crippen LogP contribution in [0.1, 0.15) is 43.1 Å². The van der Waals surface area contributed by atoms with E-state index in [1.807, 2.05) is 60.7 Å². The number of para-hydroxylation sites is 1. The van der Waals surface area contributed by atoms with Crippen LogP contribution in [0.2, 0.25) is 0 Å². The topological polar surface area (TPSA) is 64.4 Å². The highest BCUT2D eigenvalue weighted by Gasteiger charge is 2.24. The largest absolute Gasteiger partial charge is 0.455 e. The van der Waals surface area contributed by atoms with Gasteiger partial charge in [0.05, 0.1) is 17.8 Å². The van der Waals surface area contributed by atoms with Crippen molar-refractivity contribution in [2.24, 2.45) is 0 Å². The van der Waals surface area contributed by atoms with E-state index in [0.29, 0.717) is 0 Å². The minimum atomic E-state index is -0.396. The molecule has 0 aliphatic carbocycles. The highest BCUT2D eigenvalue weighted by molar-refractivity contribution is 5.81. The molecule has 1 aliphatic rings. The first kappa shape index (κ1) is 19.1. The van der Waals surface area contributed by atoms with Crippen molar-refractivity contribution >= 4 is 11.9 Å². The molecule has 1 atom stereocenters. The molecule has 0 saturated carbocycles. The van der Waals surface area contributed by atoms with Crippen LogP contribution in [0.4, 0.5) is 0 Å². The first-order valence-electron chi connectivity index (χ1n) is 9.53. The maximum atomic E-state index is 12.3. The van der Waals surface area contributed by atoms with Crippen LogP contribution in [0.5, 0.6) is 0 Å². The predicted molar refractivity (Wildman–Crippen MR) is 103 cm³/mol. The van der Waals surface area contributed by atoms with E-state index in [-0.39, 0.29) is 25.0 Å². The Morgan fingerprint density at radius 1 is 1.19 bits per heavy atom. The summed E-state index contributed by atoms with van der Waals surface area (Å²) in [5, 5.41) is 4.55. The van der Waals surface area contributed by atoms with Gasteiger partial charge in [-0.15, -0.1) is 0 Å². The summed E-state index contributed by atoms with van der Waals surface area (Å²) in [7, 11) is 0. The van der Waals surface area contributed by atoms with Gasteiger partial charge < -0.3 is 9.64 Å². The highest BCUT2D eigenvalue weighted by Crippen LogP contribution is 2.19. The summed E-state index contributed by atoms with van der Waals surface area (Å²) in [5.74, 6) is -0.504. The molecule has 6 nitrogen and oxygen atoms in total. The summed E-state index contributed by atoms with van der Waals surface area (Å²) >= 11 is 0. The fourth-order valence-corrected chi connectivity index (χ4v) is 3.64. The number of benzene rings is 1. The quantitative estimate of drug-likeness (QED) is 0.760. The van der Waals surface area contributed by atoms with Crippen molar-refractivity contribution in [3.8, 4) is 5.69 Å². The van der Waals surface area contributed by atoms with Gasteiger partial charge in [-0.1, -0.05) is 18.2 Å². The summed E-state index contributed by atoms with van der Waals surface area (Å²) in [5.41, 5.74) is 3.51. The number of amides is 1. The minimum Gasteiger partial charge on any atom is -0.455 e. The maximum Gasteiger partial charge on any atom is 0.310 e. The molecule has 27 heavy (non-hydrogen) atoms. The number of ether oxygens (including phenoxy) is 1. The average Bonchev–Trinajstić information content (AvgIpc) is 2.95. The van der Waals surface area contributed by atoms with Crippen molar-refractivity contribution in [3.05, 3.63) is 47.3 Å². The molecule has 2 heterocycles. The second-order valence-corrected chi connectivity index (χ2v) is 7.17. The number of aromatic nitrogens is 2. The second-order valence-electron chi connectivity index (χ2n) is 7.17. The van der Waals surface area contributed by atoms with Crippen molar-refractivity contribution in [3.63, 3.8) is 0 Å². The van der Waals surface area contributed by atoms with Crippen molar-refractivity contribution in [1.29, 1.82) is 0 Å². The second kappa shape index (κ2) is 8.37. The minimum absolute atomic E-state index is 0.107. The predicted octanol–water partition coefficient (Wildman–Crippen LogP) is 2.98. The molecule has 1 aliphatic heterocycles. The van der Waals surface area contributed by atoms with Gasteiger partial charge in [0.25, 0.3) is 5.91 Å². The molecule has 1 fully saturated rings. The van der Waals surface area contributed by atoms with E-state index in [2.05, 4.69) is 5.10 Å². The van der Waals surface area contributed by atoms with Crippen LogP contribution in [0, 0.1) is 13.8 Å². The molecule has 1 aromatic heterocycles. The van der Waals surface area contributed by atoms with Crippen LogP contribution in [0.15, 0.2) is 30.3 Å². The van der Waals surface area contributed by atoms with Gasteiger partial charge in [-0.25, -0.2) is 4.68 Å². The SMILES string of the molecule is Cc1nn(-c2ccccc2)c(C)c1CC(=O)OCC(=O)N1CCCC[C@@H]1C. The highest BCUT2D eigenvalue weighted by atomic mass is 16.5. The standard InChI is InChI=1S/C21H27N3O3/c1-15-9-7-8-12-23(15)20(25)14-27-21(26)13-19-16(2)22-24(17(19)3)18-10-5-4-6-11-18/h4-6,10-11,15H,7-9,12-14H2,1-3H3/t15-/m0/s1. The third kappa shape index (κ3) is 4.38. The van der Waals surface area contributed by atoms with Gasteiger partial charge in [0, 0.05) is 23.8 Å². The first-order chi connectivity index (χ1) is 13.0. The van der Waals surface area contributed by atoms with E-state index in [4.69, 9.17) is 4.74 Å². The summed E-state index contributed by atoms with van der Waals surface area (Å²) < 4.78 is 7.10. The van der Waals surface area contributed by atoms with E-state index < -0.39 is 5.97 Å². The number of hydrogen-bond acceptors (Lipinski definition) is 4. The van der Waals surface area contributed by atoms with E-state index in [1.54, 1.807) is 0 Å². The normalized spacial score (nSPS) is 17.0. The lowest BCUT2D eigenvalue weighted by molar-refractivity contribution is -0.153. The molecule has 0 radical (unpaired) electrons. The Morgan fingerprint density at radius 3 is 2.63 bits per heavy atom. The molecule has 0 spiro atoms. The Morgan fingerprint density at radius 2 is 1.93 bits per heavy atom.